The SMILES string of the molecule is FC(F)(F)c1cccc(N2CCCOC2)c1. The van der Waals surface area contributed by atoms with Crippen molar-refractivity contribution in [1.29, 1.82) is 0 Å². The summed E-state index contributed by atoms with van der Waals surface area (Å²) in [6.45, 7) is 1.78. The molecule has 0 amide bonds. The first kappa shape index (κ1) is 11.3. The van der Waals surface area contributed by atoms with Crippen LogP contribution in [0.25, 0.3) is 0 Å². The molecule has 1 aliphatic rings. The van der Waals surface area contributed by atoms with Crippen LogP contribution in [0, 0.1) is 0 Å². The predicted molar refractivity (Wildman–Crippen MR) is 54.2 cm³/mol. The van der Waals surface area contributed by atoms with Crippen molar-refractivity contribution in [3.63, 3.8) is 0 Å². The maximum Gasteiger partial charge on any atom is 0.416 e. The van der Waals surface area contributed by atoms with E-state index >= 15 is 0 Å². The van der Waals surface area contributed by atoms with Crippen molar-refractivity contribution in [3.8, 4) is 0 Å². The summed E-state index contributed by atoms with van der Waals surface area (Å²) in [4.78, 5) is 1.80. The van der Waals surface area contributed by atoms with Gasteiger partial charge in [0.25, 0.3) is 0 Å². The Hall–Kier alpha value is -1.23. The van der Waals surface area contributed by atoms with E-state index in [4.69, 9.17) is 4.74 Å². The number of halogens is 3. The number of nitrogens with zero attached hydrogens (tertiary/aromatic N) is 1. The zero-order valence-electron chi connectivity index (χ0n) is 8.63. The van der Waals surface area contributed by atoms with Crippen molar-refractivity contribution in [3.05, 3.63) is 29.8 Å². The van der Waals surface area contributed by atoms with Crippen molar-refractivity contribution in [2.75, 3.05) is 24.8 Å². The zero-order chi connectivity index (χ0) is 11.6. The van der Waals surface area contributed by atoms with Crippen LogP contribution in [-0.4, -0.2) is 19.9 Å². The van der Waals surface area contributed by atoms with Crippen LogP contribution >= 0.6 is 0 Å². The minimum atomic E-state index is -4.29. The minimum absolute atomic E-state index is 0.362. The molecule has 0 spiro atoms. The van der Waals surface area contributed by atoms with Crippen molar-refractivity contribution in [2.45, 2.75) is 12.6 Å². The molecule has 0 N–H and O–H groups in total. The summed E-state index contributed by atoms with van der Waals surface area (Å²) in [7, 11) is 0. The van der Waals surface area contributed by atoms with Crippen LogP contribution in [0.4, 0.5) is 18.9 Å². The summed E-state index contributed by atoms with van der Waals surface area (Å²) >= 11 is 0. The van der Waals surface area contributed by atoms with Gasteiger partial charge in [0, 0.05) is 12.2 Å². The Labute approximate surface area is 91.6 Å². The molecule has 0 aromatic heterocycles. The first-order valence-corrected chi connectivity index (χ1v) is 5.07. The molecule has 5 heteroatoms. The number of alkyl halides is 3. The number of rotatable bonds is 1. The highest BCUT2D eigenvalue weighted by atomic mass is 19.4. The molecule has 88 valence electrons. The summed E-state index contributed by atoms with van der Waals surface area (Å²) in [6.07, 6.45) is -3.44. The van der Waals surface area contributed by atoms with Gasteiger partial charge < -0.3 is 9.64 Å². The van der Waals surface area contributed by atoms with Crippen LogP contribution in [0.5, 0.6) is 0 Å². The highest BCUT2D eigenvalue weighted by Gasteiger charge is 2.30. The molecular weight excluding hydrogens is 219 g/mol. The summed E-state index contributed by atoms with van der Waals surface area (Å²) in [5.74, 6) is 0. The second-order valence-electron chi connectivity index (χ2n) is 3.70. The highest BCUT2D eigenvalue weighted by molar-refractivity contribution is 5.49. The van der Waals surface area contributed by atoms with E-state index in [1.165, 1.54) is 6.07 Å². The van der Waals surface area contributed by atoms with E-state index in [1.54, 1.807) is 11.0 Å². The Morgan fingerprint density at radius 1 is 1.25 bits per heavy atom. The van der Waals surface area contributed by atoms with Crippen molar-refractivity contribution < 1.29 is 17.9 Å². The fraction of sp³-hybridized carbons (Fsp3) is 0.455. The summed E-state index contributed by atoms with van der Waals surface area (Å²) in [5, 5.41) is 0. The van der Waals surface area contributed by atoms with E-state index in [1.807, 2.05) is 0 Å². The van der Waals surface area contributed by atoms with Crippen molar-refractivity contribution >= 4 is 5.69 Å². The normalized spacial score (nSPS) is 17.6. The Bertz CT molecular complexity index is 358. The van der Waals surface area contributed by atoms with Crippen LogP contribution < -0.4 is 4.90 Å². The standard InChI is InChI=1S/C11H12F3NO/c12-11(13,14)9-3-1-4-10(7-9)15-5-2-6-16-8-15/h1,3-4,7H,2,5-6,8H2. The minimum Gasteiger partial charge on any atom is -0.361 e. The van der Waals surface area contributed by atoms with Gasteiger partial charge in [-0.2, -0.15) is 13.2 Å². The third kappa shape index (κ3) is 2.47. The average Bonchev–Trinajstić information content (AvgIpc) is 2.29. The summed E-state index contributed by atoms with van der Waals surface area (Å²) < 4.78 is 42.7. The molecule has 0 saturated carbocycles. The molecule has 1 fully saturated rings. The maximum absolute atomic E-state index is 12.5. The molecule has 0 radical (unpaired) electrons. The number of anilines is 1. The number of hydrogen-bond donors (Lipinski definition) is 0. The maximum atomic E-state index is 12.5. The molecule has 1 aromatic carbocycles. The molecule has 1 saturated heterocycles. The van der Waals surface area contributed by atoms with Crippen LogP contribution in [-0.2, 0) is 10.9 Å². The van der Waals surface area contributed by atoms with E-state index in [-0.39, 0.29) is 0 Å². The zero-order valence-corrected chi connectivity index (χ0v) is 8.63. The molecule has 1 aromatic rings. The molecule has 1 aliphatic heterocycles. The molecule has 0 bridgehead atoms. The number of ether oxygens (including phenoxy) is 1. The molecule has 2 rings (SSSR count). The van der Waals surface area contributed by atoms with Gasteiger partial charge in [-0.1, -0.05) is 6.07 Å². The smallest absolute Gasteiger partial charge is 0.361 e. The Kier molecular flexibility index (Phi) is 3.05. The molecule has 1 heterocycles. The fourth-order valence-electron chi connectivity index (χ4n) is 1.68. The first-order valence-electron chi connectivity index (χ1n) is 5.07. The van der Waals surface area contributed by atoms with Gasteiger partial charge >= 0.3 is 6.18 Å². The summed E-state index contributed by atoms with van der Waals surface area (Å²) in [5.41, 5.74) is -0.0508. The second kappa shape index (κ2) is 4.33. The molecule has 0 aliphatic carbocycles. The van der Waals surface area contributed by atoms with Crippen molar-refractivity contribution in [1.82, 2.24) is 0 Å². The van der Waals surface area contributed by atoms with E-state index in [0.717, 1.165) is 25.1 Å². The van der Waals surface area contributed by atoms with E-state index in [9.17, 15) is 13.2 Å². The van der Waals surface area contributed by atoms with Gasteiger partial charge in [-0.3, -0.25) is 0 Å². The Balaban J connectivity index is 2.21. The second-order valence-corrected chi connectivity index (χ2v) is 3.70. The molecule has 0 unspecified atom stereocenters. The van der Waals surface area contributed by atoms with Crippen LogP contribution in [0.2, 0.25) is 0 Å². The lowest BCUT2D eigenvalue weighted by Gasteiger charge is -2.29. The lowest BCUT2D eigenvalue weighted by atomic mass is 10.2. The van der Waals surface area contributed by atoms with Crippen molar-refractivity contribution in [2.24, 2.45) is 0 Å². The lowest BCUT2D eigenvalue weighted by Crippen LogP contribution is -2.33. The van der Waals surface area contributed by atoms with Gasteiger partial charge in [-0.05, 0) is 24.6 Å². The van der Waals surface area contributed by atoms with E-state index in [0.29, 0.717) is 19.0 Å². The predicted octanol–water partition coefficient (Wildman–Crippen LogP) is 2.89. The monoisotopic (exact) mass is 231 g/mol. The Morgan fingerprint density at radius 3 is 2.69 bits per heavy atom. The quantitative estimate of drug-likeness (QED) is 0.736. The van der Waals surface area contributed by atoms with Gasteiger partial charge in [0.15, 0.2) is 0 Å². The number of hydrogen-bond acceptors (Lipinski definition) is 2. The van der Waals surface area contributed by atoms with Crippen LogP contribution in [0.1, 0.15) is 12.0 Å². The first-order chi connectivity index (χ1) is 7.57. The van der Waals surface area contributed by atoms with Gasteiger partial charge in [0.05, 0.1) is 12.2 Å². The molecular formula is C11H12F3NO. The lowest BCUT2D eigenvalue weighted by molar-refractivity contribution is -0.137. The van der Waals surface area contributed by atoms with Gasteiger partial charge in [0.1, 0.15) is 6.73 Å². The third-order valence-electron chi connectivity index (χ3n) is 2.50. The third-order valence-corrected chi connectivity index (χ3v) is 2.50. The van der Waals surface area contributed by atoms with Crippen LogP contribution in [0.3, 0.4) is 0 Å². The van der Waals surface area contributed by atoms with E-state index in [2.05, 4.69) is 0 Å². The largest absolute Gasteiger partial charge is 0.416 e. The van der Waals surface area contributed by atoms with Gasteiger partial charge in [-0.25, -0.2) is 0 Å². The van der Waals surface area contributed by atoms with Gasteiger partial charge in [0.2, 0.25) is 0 Å². The average molecular weight is 231 g/mol. The molecule has 0 atom stereocenters. The molecule has 2 nitrogen and oxygen atoms in total. The Morgan fingerprint density at radius 2 is 2.06 bits per heavy atom. The fourth-order valence-corrected chi connectivity index (χ4v) is 1.68. The molecule has 16 heavy (non-hydrogen) atoms. The topological polar surface area (TPSA) is 12.5 Å². The number of benzene rings is 1. The van der Waals surface area contributed by atoms with Crippen LogP contribution in [0.15, 0.2) is 24.3 Å². The summed E-state index contributed by atoms with van der Waals surface area (Å²) in [6, 6.07) is 5.33. The van der Waals surface area contributed by atoms with E-state index < -0.39 is 11.7 Å². The van der Waals surface area contributed by atoms with Gasteiger partial charge in [-0.15, -0.1) is 0 Å². The highest BCUT2D eigenvalue weighted by Crippen LogP contribution is 2.31.